The van der Waals surface area contributed by atoms with Crippen LogP contribution in [0, 0.1) is 0 Å². The maximum Gasteiger partial charge on any atom is 0.264 e. The van der Waals surface area contributed by atoms with Gasteiger partial charge in [0.05, 0.1) is 22.2 Å². The van der Waals surface area contributed by atoms with Crippen LogP contribution in [0.4, 0.5) is 5.69 Å². The molecule has 0 aliphatic carbocycles. The van der Waals surface area contributed by atoms with Gasteiger partial charge in [0, 0.05) is 0 Å². The van der Waals surface area contributed by atoms with Gasteiger partial charge in [0.2, 0.25) is 5.91 Å². The molecule has 32 heavy (non-hydrogen) atoms. The molecular formula is C23H21ClN2O5S. The van der Waals surface area contributed by atoms with Gasteiger partial charge in [-0.2, -0.15) is 0 Å². The number of carbonyl (C=O) groups excluding carboxylic acids is 1. The van der Waals surface area contributed by atoms with Crippen LogP contribution in [0.25, 0.3) is 0 Å². The van der Waals surface area contributed by atoms with Crippen LogP contribution >= 0.6 is 11.6 Å². The number of ether oxygens (including phenoxy) is 2. The standard InChI is InChI=1S/C23H21ClN2O5S/c24-19-10-4-5-11-20(19)26(32(28,29)18-8-2-1-3-9-18)15-23(27)25-14-17-16-30-21-12-6-7-13-22(21)31-17/h1-13,17H,14-16H2,(H,25,27). The van der Waals surface area contributed by atoms with E-state index >= 15 is 0 Å². The molecular weight excluding hydrogens is 452 g/mol. The number of hydrogen-bond acceptors (Lipinski definition) is 5. The molecule has 0 fully saturated rings. The summed E-state index contributed by atoms with van der Waals surface area (Å²) in [6, 6.07) is 21.7. The summed E-state index contributed by atoms with van der Waals surface area (Å²) < 4.78 is 39.1. The fourth-order valence-electron chi connectivity index (χ4n) is 3.25. The molecule has 9 heteroatoms. The Labute approximate surface area is 191 Å². The van der Waals surface area contributed by atoms with E-state index in [0.29, 0.717) is 11.5 Å². The molecule has 1 heterocycles. The van der Waals surface area contributed by atoms with Gasteiger partial charge in [0.1, 0.15) is 19.3 Å². The normalized spacial score (nSPS) is 15.1. The smallest absolute Gasteiger partial charge is 0.264 e. The second-order valence-corrected chi connectivity index (χ2v) is 9.35. The number of para-hydroxylation sites is 3. The maximum atomic E-state index is 13.3. The van der Waals surface area contributed by atoms with Crippen LogP contribution in [0.1, 0.15) is 0 Å². The minimum absolute atomic E-state index is 0.0633. The van der Waals surface area contributed by atoms with Crippen molar-refractivity contribution in [3.63, 3.8) is 0 Å². The highest BCUT2D eigenvalue weighted by atomic mass is 35.5. The van der Waals surface area contributed by atoms with Crippen molar-refractivity contribution >= 4 is 33.2 Å². The van der Waals surface area contributed by atoms with Gasteiger partial charge in [-0.3, -0.25) is 9.10 Å². The first-order valence-electron chi connectivity index (χ1n) is 9.92. The minimum atomic E-state index is -4.02. The van der Waals surface area contributed by atoms with E-state index in [4.69, 9.17) is 21.1 Å². The average Bonchev–Trinajstić information content (AvgIpc) is 2.82. The maximum absolute atomic E-state index is 13.3. The molecule has 7 nitrogen and oxygen atoms in total. The lowest BCUT2D eigenvalue weighted by Gasteiger charge is -2.28. The Morgan fingerprint density at radius 2 is 1.62 bits per heavy atom. The number of nitrogens with zero attached hydrogens (tertiary/aromatic N) is 1. The Morgan fingerprint density at radius 3 is 2.38 bits per heavy atom. The lowest BCUT2D eigenvalue weighted by molar-refractivity contribution is -0.120. The molecule has 166 valence electrons. The van der Waals surface area contributed by atoms with Gasteiger partial charge >= 0.3 is 0 Å². The zero-order valence-corrected chi connectivity index (χ0v) is 18.6. The molecule has 0 bridgehead atoms. The molecule has 0 saturated heterocycles. The molecule has 0 spiro atoms. The van der Waals surface area contributed by atoms with Crippen molar-refractivity contribution in [3.8, 4) is 11.5 Å². The van der Waals surface area contributed by atoms with E-state index in [2.05, 4.69) is 5.32 Å². The van der Waals surface area contributed by atoms with Crippen molar-refractivity contribution in [3.05, 3.63) is 83.9 Å². The highest BCUT2D eigenvalue weighted by Gasteiger charge is 2.29. The largest absolute Gasteiger partial charge is 0.486 e. The Kier molecular flexibility index (Phi) is 6.53. The quantitative estimate of drug-likeness (QED) is 0.569. The van der Waals surface area contributed by atoms with Crippen LogP contribution < -0.4 is 19.1 Å². The highest BCUT2D eigenvalue weighted by molar-refractivity contribution is 7.92. The summed E-state index contributed by atoms with van der Waals surface area (Å²) in [6.07, 6.45) is -0.395. The van der Waals surface area contributed by atoms with E-state index in [-0.39, 0.29) is 28.8 Å². The number of amides is 1. The molecule has 1 amide bonds. The third kappa shape index (κ3) is 4.81. The van der Waals surface area contributed by atoms with Crippen molar-refractivity contribution in [2.75, 3.05) is 24.0 Å². The number of halogens is 1. The van der Waals surface area contributed by atoms with E-state index in [1.54, 1.807) is 54.6 Å². The predicted molar refractivity (Wildman–Crippen MR) is 122 cm³/mol. The molecule has 1 atom stereocenters. The number of anilines is 1. The van der Waals surface area contributed by atoms with Crippen LogP contribution in [0.5, 0.6) is 11.5 Å². The van der Waals surface area contributed by atoms with Crippen molar-refractivity contribution in [2.45, 2.75) is 11.0 Å². The molecule has 0 saturated carbocycles. The number of rotatable bonds is 7. The molecule has 0 aromatic heterocycles. The molecule has 1 aliphatic heterocycles. The monoisotopic (exact) mass is 472 g/mol. The lowest BCUT2D eigenvalue weighted by Crippen LogP contribution is -2.45. The Balaban J connectivity index is 1.49. The fraction of sp³-hybridized carbons (Fsp3) is 0.174. The Hall–Kier alpha value is -3.23. The number of hydrogen-bond donors (Lipinski definition) is 1. The summed E-state index contributed by atoms with van der Waals surface area (Å²) in [5.74, 6) is 0.753. The number of benzene rings is 3. The number of fused-ring (bicyclic) bond motifs is 1. The zero-order valence-electron chi connectivity index (χ0n) is 17.0. The van der Waals surface area contributed by atoms with Crippen LogP contribution in [-0.2, 0) is 14.8 Å². The zero-order chi connectivity index (χ0) is 22.6. The predicted octanol–water partition coefficient (Wildman–Crippen LogP) is 3.49. The van der Waals surface area contributed by atoms with Gasteiger partial charge in [-0.15, -0.1) is 0 Å². The van der Waals surface area contributed by atoms with Crippen LogP contribution in [0.3, 0.4) is 0 Å². The third-order valence-corrected chi connectivity index (χ3v) is 6.93. The SMILES string of the molecule is O=C(CN(c1ccccc1Cl)S(=O)(=O)c1ccccc1)NCC1COc2ccccc2O1. The second kappa shape index (κ2) is 9.50. The van der Waals surface area contributed by atoms with Crippen LogP contribution in [-0.4, -0.2) is 40.1 Å². The van der Waals surface area contributed by atoms with Crippen molar-refractivity contribution < 1.29 is 22.7 Å². The minimum Gasteiger partial charge on any atom is -0.486 e. The summed E-state index contributed by atoms with van der Waals surface area (Å²) >= 11 is 6.27. The molecule has 1 N–H and O–H groups in total. The molecule has 1 aliphatic rings. The van der Waals surface area contributed by atoms with E-state index in [1.807, 2.05) is 12.1 Å². The van der Waals surface area contributed by atoms with Crippen molar-refractivity contribution in [1.29, 1.82) is 0 Å². The van der Waals surface area contributed by atoms with Crippen LogP contribution in [0.15, 0.2) is 83.8 Å². The summed E-state index contributed by atoms with van der Waals surface area (Å²) in [5.41, 5.74) is 0.222. The van der Waals surface area contributed by atoms with Crippen molar-refractivity contribution in [2.24, 2.45) is 0 Å². The molecule has 3 aromatic carbocycles. The Bertz CT molecular complexity index is 1200. The first-order valence-corrected chi connectivity index (χ1v) is 11.7. The van der Waals surface area contributed by atoms with Gasteiger partial charge in [-0.1, -0.05) is 54.1 Å². The van der Waals surface area contributed by atoms with Gasteiger partial charge in [-0.25, -0.2) is 8.42 Å². The molecule has 3 aromatic rings. The first kappa shape index (κ1) is 22.0. The van der Waals surface area contributed by atoms with Crippen LogP contribution in [0.2, 0.25) is 5.02 Å². The molecule has 0 radical (unpaired) electrons. The molecule has 1 unspecified atom stereocenters. The van der Waals surface area contributed by atoms with Gasteiger partial charge < -0.3 is 14.8 Å². The first-order chi connectivity index (χ1) is 15.4. The summed E-state index contributed by atoms with van der Waals surface area (Å²) in [7, 11) is -4.02. The van der Waals surface area contributed by atoms with Gasteiger partial charge in [0.25, 0.3) is 10.0 Å². The summed E-state index contributed by atoms with van der Waals surface area (Å²) in [5, 5.41) is 2.96. The van der Waals surface area contributed by atoms with E-state index in [1.165, 1.54) is 12.1 Å². The van der Waals surface area contributed by atoms with E-state index < -0.39 is 28.6 Å². The van der Waals surface area contributed by atoms with E-state index in [9.17, 15) is 13.2 Å². The topological polar surface area (TPSA) is 84.9 Å². The third-order valence-electron chi connectivity index (χ3n) is 4.83. The fourth-order valence-corrected chi connectivity index (χ4v) is 5.00. The second-order valence-electron chi connectivity index (χ2n) is 7.08. The van der Waals surface area contributed by atoms with Crippen molar-refractivity contribution in [1.82, 2.24) is 5.32 Å². The van der Waals surface area contributed by atoms with E-state index in [0.717, 1.165) is 4.31 Å². The summed E-state index contributed by atoms with van der Waals surface area (Å²) in [4.78, 5) is 12.8. The number of sulfonamides is 1. The Morgan fingerprint density at radius 1 is 0.969 bits per heavy atom. The highest BCUT2D eigenvalue weighted by Crippen LogP contribution is 2.31. The number of carbonyl (C=O) groups is 1. The number of nitrogens with one attached hydrogen (secondary N) is 1. The lowest BCUT2D eigenvalue weighted by atomic mass is 10.2. The summed E-state index contributed by atoms with van der Waals surface area (Å²) in [6.45, 7) is -0.00608. The van der Waals surface area contributed by atoms with Gasteiger partial charge in [0.15, 0.2) is 11.5 Å². The van der Waals surface area contributed by atoms with Gasteiger partial charge in [-0.05, 0) is 36.4 Å². The molecule has 4 rings (SSSR count). The average molecular weight is 473 g/mol.